The standard InChI is InChI=1S/C20H16FN3O2/c1-25-14-6-7-19(26-2)16(9-14)15-10-18(24-20(23)17(15)11-22)12-4-3-5-13(21)8-12/h3-10H,1-2H3,(H2,23,24). The summed E-state index contributed by atoms with van der Waals surface area (Å²) in [6, 6.07) is 15.1. The van der Waals surface area contributed by atoms with Crippen LogP contribution in [0.3, 0.4) is 0 Å². The second kappa shape index (κ2) is 7.11. The molecule has 26 heavy (non-hydrogen) atoms. The largest absolute Gasteiger partial charge is 0.497 e. The Morgan fingerprint density at radius 3 is 2.50 bits per heavy atom. The minimum Gasteiger partial charge on any atom is -0.497 e. The number of aromatic nitrogens is 1. The molecule has 5 nitrogen and oxygen atoms in total. The van der Waals surface area contributed by atoms with Gasteiger partial charge in [0.25, 0.3) is 0 Å². The minimum atomic E-state index is -0.382. The fraction of sp³-hybridized carbons (Fsp3) is 0.100. The molecule has 3 rings (SSSR count). The first-order valence-electron chi connectivity index (χ1n) is 7.76. The van der Waals surface area contributed by atoms with Crippen molar-refractivity contribution in [2.24, 2.45) is 0 Å². The summed E-state index contributed by atoms with van der Waals surface area (Å²) in [5.41, 5.74) is 8.42. The zero-order valence-corrected chi connectivity index (χ0v) is 14.3. The van der Waals surface area contributed by atoms with E-state index in [1.807, 2.05) is 0 Å². The van der Waals surface area contributed by atoms with E-state index in [0.29, 0.717) is 33.9 Å². The number of rotatable bonds is 4. The number of nitriles is 1. The van der Waals surface area contributed by atoms with Crippen molar-refractivity contribution in [1.82, 2.24) is 4.98 Å². The predicted octanol–water partition coefficient (Wildman–Crippen LogP) is 4.03. The van der Waals surface area contributed by atoms with Crippen molar-refractivity contribution in [3.63, 3.8) is 0 Å². The van der Waals surface area contributed by atoms with E-state index in [9.17, 15) is 9.65 Å². The van der Waals surface area contributed by atoms with E-state index in [1.165, 1.54) is 19.2 Å². The van der Waals surface area contributed by atoms with Gasteiger partial charge in [0.15, 0.2) is 0 Å². The molecule has 2 aromatic carbocycles. The van der Waals surface area contributed by atoms with E-state index in [0.717, 1.165) is 0 Å². The van der Waals surface area contributed by atoms with Crippen molar-refractivity contribution in [3.05, 3.63) is 59.9 Å². The third-order valence-electron chi connectivity index (χ3n) is 3.98. The Balaban J connectivity index is 2.29. The number of pyridine rings is 1. The highest BCUT2D eigenvalue weighted by atomic mass is 19.1. The summed E-state index contributed by atoms with van der Waals surface area (Å²) in [5, 5.41) is 9.55. The van der Waals surface area contributed by atoms with E-state index in [1.54, 1.807) is 43.5 Å². The summed E-state index contributed by atoms with van der Waals surface area (Å²) in [4.78, 5) is 4.26. The number of anilines is 1. The lowest BCUT2D eigenvalue weighted by Crippen LogP contribution is -2.01. The molecule has 1 aromatic heterocycles. The highest BCUT2D eigenvalue weighted by Crippen LogP contribution is 2.38. The molecule has 0 aliphatic heterocycles. The third-order valence-corrected chi connectivity index (χ3v) is 3.98. The Hall–Kier alpha value is -3.59. The zero-order valence-electron chi connectivity index (χ0n) is 14.3. The number of ether oxygens (including phenoxy) is 2. The number of hydrogen-bond donors (Lipinski definition) is 1. The van der Waals surface area contributed by atoms with Crippen LogP contribution in [0.4, 0.5) is 10.2 Å². The summed E-state index contributed by atoms with van der Waals surface area (Å²) in [6.45, 7) is 0. The first kappa shape index (κ1) is 17.2. The summed E-state index contributed by atoms with van der Waals surface area (Å²) < 4.78 is 24.3. The second-order valence-electron chi connectivity index (χ2n) is 5.50. The quantitative estimate of drug-likeness (QED) is 0.769. The summed E-state index contributed by atoms with van der Waals surface area (Å²) in [5.74, 6) is 0.840. The molecule has 0 radical (unpaired) electrons. The lowest BCUT2D eigenvalue weighted by molar-refractivity contribution is 0.404. The summed E-state index contributed by atoms with van der Waals surface area (Å²) in [7, 11) is 3.09. The van der Waals surface area contributed by atoms with Crippen LogP contribution in [0.15, 0.2) is 48.5 Å². The Kier molecular flexibility index (Phi) is 4.72. The van der Waals surface area contributed by atoms with Gasteiger partial charge in [0, 0.05) is 16.7 Å². The van der Waals surface area contributed by atoms with Gasteiger partial charge in [0.2, 0.25) is 0 Å². The fourth-order valence-corrected chi connectivity index (χ4v) is 2.71. The van der Waals surface area contributed by atoms with Crippen LogP contribution < -0.4 is 15.2 Å². The van der Waals surface area contributed by atoms with Gasteiger partial charge < -0.3 is 15.2 Å². The first-order chi connectivity index (χ1) is 12.6. The maximum atomic E-state index is 13.6. The van der Waals surface area contributed by atoms with Gasteiger partial charge in [-0.15, -0.1) is 0 Å². The number of nitrogens with two attached hydrogens (primary N) is 1. The normalized spacial score (nSPS) is 10.2. The molecule has 2 N–H and O–H groups in total. The molecule has 0 spiro atoms. The van der Waals surface area contributed by atoms with Gasteiger partial charge >= 0.3 is 0 Å². The van der Waals surface area contributed by atoms with Gasteiger partial charge in [0.05, 0.1) is 19.9 Å². The molecule has 1 heterocycles. The van der Waals surface area contributed by atoms with Crippen LogP contribution in [0, 0.1) is 17.1 Å². The molecule has 0 aliphatic carbocycles. The van der Waals surface area contributed by atoms with Crippen molar-refractivity contribution in [1.29, 1.82) is 5.26 Å². The average molecular weight is 349 g/mol. The number of halogens is 1. The molecule has 0 saturated heterocycles. The number of benzene rings is 2. The molecule has 130 valence electrons. The molecule has 0 fully saturated rings. The van der Waals surface area contributed by atoms with Crippen LogP contribution in [0.2, 0.25) is 0 Å². The molecule has 6 heteroatoms. The van der Waals surface area contributed by atoms with E-state index in [-0.39, 0.29) is 17.2 Å². The number of methoxy groups -OCH3 is 2. The van der Waals surface area contributed by atoms with Crippen molar-refractivity contribution in [3.8, 4) is 40.0 Å². The van der Waals surface area contributed by atoms with E-state index >= 15 is 0 Å². The SMILES string of the molecule is COc1ccc(OC)c(-c2cc(-c3cccc(F)c3)nc(N)c2C#N)c1. The van der Waals surface area contributed by atoms with Crippen LogP contribution in [0.25, 0.3) is 22.4 Å². The Bertz CT molecular complexity index is 1010. The smallest absolute Gasteiger partial charge is 0.142 e. The van der Waals surface area contributed by atoms with Gasteiger partial charge in [-0.2, -0.15) is 5.26 Å². The van der Waals surface area contributed by atoms with Crippen molar-refractivity contribution >= 4 is 5.82 Å². The Labute approximate surface area is 150 Å². The lowest BCUT2D eigenvalue weighted by Gasteiger charge is -2.14. The molecule has 3 aromatic rings. The second-order valence-corrected chi connectivity index (χ2v) is 5.50. The van der Waals surface area contributed by atoms with E-state index < -0.39 is 0 Å². The molecule has 0 bridgehead atoms. The van der Waals surface area contributed by atoms with Crippen LogP contribution >= 0.6 is 0 Å². The van der Waals surface area contributed by atoms with Gasteiger partial charge in [-0.25, -0.2) is 9.37 Å². The molecule has 0 unspecified atom stereocenters. The Morgan fingerprint density at radius 2 is 1.85 bits per heavy atom. The third kappa shape index (κ3) is 3.15. The Morgan fingerprint density at radius 1 is 1.04 bits per heavy atom. The zero-order chi connectivity index (χ0) is 18.7. The number of nitrogen functional groups attached to an aromatic ring is 1. The van der Waals surface area contributed by atoms with Crippen LogP contribution in [0.1, 0.15) is 5.56 Å². The van der Waals surface area contributed by atoms with E-state index in [4.69, 9.17) is 15.2 Å². The molecule has 0 saturated carbocycles. The van der Waals surface area contributed by atoms with Crippen molar-refractivity contribution < 1.29 is 13.9 Å². The lowest BCUT2D eigenvalue weighted by atomic mass is 9.97. The molecule has 0 amide bonds. The fourth-order valence-electron chi connectivity index (χ4n) is 2.71. The van der Waals surface area contributed by atoms with Crippen LogP contribution in [0.5, 0.6) is 11.5 Å². The number of nitrogens with zero attached hydrogens (tertiary/aromatic N) is 2. The highest BCUT2D eigenvalue weighted by molar-refractivity contribution is 5.83. The van der Waals surface area contributed by atoms with Gasteiger partial charge in [-0.05, 0) is 36.4 Å². The molecular formula is C20H16FN3O2. The molecular weight excluding hydrogens is 333 g/mol. The minimum absolute atomic E-state index is 0.0640. The van der Waals surface area contributed by atoms with Gasteiger partial charge in [-0.1, -0.05) is 12.1 Å². The summed E-state index contributed by atoms with van der Waals surface area (Å²) in [6.07, 6.45) is 0. The van der Waals surface area contributed by atoms with Gasteiger partial charge in [-0.3, -0.25) is 0 Å². The maximum Gasteiger partial charge on any atom is 0.142 e. The highest BCUT2D eigenvalue weighted by Gasteiger charge is 2.17. The van der Waals surface area contributed by atoms with Crippen molar-refractivity contribution in [2.45, 2.75) is 0 Å². The van der Waals surface area contributed by atoms with E-state index in [2.05, 4.69) is 11.1 Å². The topological polar surface area (TPSA) is 81.2 Å². The van der Waals surface area contributed by atoms with Crippen LogP contribution in [-0.2, 0) is 0 Å². The molecule has 0 aliphatic rings. The number of hydrogen-bond acceptors (Lipinski definition) is 5. The first-order valence-corrected chi connectivity index (χ1v) is 7.76. The maximum absolute atomic E-state index is 13.6. The average Bonchev–Trinajstić information content (AvgIpc) is 2.66. The predicted molar refractivity (Wildman–Crippen MR) is 97.3 cm³/mol. The van der Waals surface area contributed by atoms with Crippen LogP contribution in [-0.4, -0.2) is 19.2 Å². The monoisotopic (exact) mass is 349 g/mol. The summed E-state index contributed by atoms with van der Waals surface area (Å²) >= 11 is 0. The molecule has 0 atom stereocenters. The van der Waals surface area contributed by atoms with Gasteiger partial charge in [0.1, 0.15) is 34.8 Å². The van der Waals surface area contributed by atoms with Crippen molar-refractivity contribution in [2.75, 3.05) is 20.0 Å².